The number of amides is 1. The highest BCUT2D eigenvalue weighted by Gasteiger charge is 2.09. The van der Waals surface area contributed by atoms with E-state index in [-0.39, 0.29) is 28.4 Å². The zero-order valence-electron chi connectivity index (χ0n) is 11.7. The number of nitrogens with zero attached hydrogens (tertiary/aromatic N) is 1. The average Bonchev–Trinajstić information content (AvgIpc) is 2.40. The molecule has 0 radical (unpaired) electrons. The first kappa shape index (κ1) is 17.7. The van der Waals surface area contributed by atoms with Gasteiger partial charge in [0.15, 0.2) is 0 Å². The van der Waals surface area contributed by atoms with Gasteiger partial charge in [-0.3, -0.25) is 14.4 Å². The van der Waals surface area contributed by atoms with Crippen LogP contribution in [-0.2, 0) is 23.4 Å². The van der Waals surface area contributed by atoms with E-state index in [9.17, 15) is 13.6 Å². The Morgan fingerprint density at radius 3 is 2.48 bits per heavy atom. The molecular formula is C14H12Cl2N3O3S-. The molecule has 0 fully saturated rings. The SMILES string of the molecule is N=c1c(C(N)=O)cc(Cl)cn1Cc1cc(Cl)cc(CS(=O)[O-])c1. The summed E-state index contributed by atoms with van der Waals surface area (Å²) >= 11 is 9.71. The number of rotatable bonds is 5. The molecule has 2 rings (SSSR count). The summed E-state index contributed by atoms with van der Waals surface area (Å²) in [5, 5.41) is 8.66. The molecule has 1 aromatic carbocycles. The fourth-order valence-electron chi connectivity index (χ4n) is 2.15. The lowest BCUT2D eigenvalue weighted by atomic mass is 10.1. The third-order valence-electron chi connectivity index (χ3n) is 3.02. The molecule has 0 saturated carbocycles. The average molecular weight is 373 g/mol. The molecule has 1 atom stereocenters. The van der Waals surface area contributed by atoms with Crippen LogP contribution in [0.15, 0.2) is 30.5 Å². The van der Waals surface area contributed by atoms with Crippen molar-refractivity contribution in [3.63, 3.8) is 0 Å². The minimum absolute atomic E-state index is 0.000383. The molecule has 1 amide bonds. The molecule has 1 unspecified atom stereocenters. The van der Waals surface area contributed by atoms with E-state index >= 15 is 0 Å². The number of hydrogen-bond donors (Lipinski definition) is 2. The van der Waals surface area contributed by atoms with Crippen LogP contribution in [0.5, 0.6) is 0 Å². The summed E-state index contributed by atoms with van der Waals surface area (Å²) in [5.74, 6) is -0.909. The third kappa shape index (κ3) is 4.65. The summed E-state index contributed by atoms with van der Waals surface area (Å²) in [5.41, 5.74) is 6.35. The molecule has 0 spiro atoms. The van der Waals surface area contributed by atoms with E-state index in [0.717, 1.165) is 0 Å². The van der Waals surface area contributed by atoms with Crippen LogP contribution >= 0.6 is 23.2 Å². The molecule has 0 bridgehead atoms. The van der Waals surface area contributed by atoms with Crippen LogP contribution in [0, 0.1) is 5.41 Å². The molecule has 3 N–H and O–H groups in total. The monoisotopic (exact) mass is 372 g/mol. The highest BCUT2D eigenvalue weighted by Crippen LogP contribution is 2.18. The molecule has 0 aliphatic heterocycles. The highest BCUT2D eigenvalue weighted by molar-refractivity contribution is 7.78. The zero-order chi connectivity index (χ0) is 17.1. The first-order valence-electron chi connectivity index (χ1n) is 6.35. The second-order valence-electron chi connectivity index (χ2n) is 4.83. The van der Waals surface area contributed by atoms with Gasteiger partial charge in [0.05, 0.1) is 10.6 Å². The molecule has 0 aliphatic rings. The minimum atomic E-state index is -2.23. The van der Waals surface area contributed by atoms with E-state index < -0.39 is 17.0 Å². The highest BCUT2D eigenvalue weighted by atomic mass is 35.5. The summed E-state index contributed by atoms with van der Waals surface area (Å²) in [6.45, 7) is 0.193. The predicted octanol–water partition coefficient (Wildman–Crippen LogP) is 1.80. The van der Waals surface area contributed by atoms with Crippen LogP contribution < -0.4 is 11.2 Å². The Kier molecular flexibility index (Phi) is 5.59. The summed E-state index contributed by atoms with van der Waals surface area (Å²) in [4.78, 5) is 11.3. The van der Waals surface area contributed by atoms with Crippen molar-refractivity contribution in [2.45, 2.75) is 12.3 Å². The van der Waals surface area contributed by atoms with Crippen molar-refractivity contribution in [1.82, 2.24) is 4.57 Å². The molecule has 0 saturated heterocycles. The number of nitrogens with two attached hydrogens (primary N) is 1. The molecule has 9 heteroatoms. The van der Waals surface area contributed by atoms with Crippen LogP contribution in [0.3, 0.4) is 0 Å². The summed E-state index contributed by atoms with van der Waals surface area (Å²) in [6.07, 6.45) is 1.49. The number of aromatic nitrogens is 1. The van der Waals surface area contributed by atoms with Crippen LogP contribution in [0.4, 0.5) is 0 Å². The van der Waals surface area contributed by atoms with Crippen LogP contribution in [0.25, 0.3) is 0 Å². The summed E-state index contributed by atoms with van der Waals surface area (Å²) in [7, 11) is 0. The van der Waals surface area contributed by atoms with Gasteiger partial charge in [0, 0.05) is 23.5 Å². The molecule has 1 aromatic heterocycles. The van der Waals surface area contributed by atoms with E-state index in [4.69, 9.17) is 34.3 Å². The Hall–Kier alpha value is -1.67. The summed E-state index contributed by atoms with van der Waals surface area (Å²) in [6, 6.07) is 6.20. The first-order valence-corrected chi connectivity index (χ1v) is 8.35. The Labute approximate surface area is 144 Å². The first-order chi connectivity index (χ1) is 10.8. The maximum atomic E-state index is 11.3. The fourth-order valence-corrected chi connectivity index (χ4v) is 3.09. The van der Waals surface area contributed by atoms with Crippen molar-refractivity contribution in [3.05, 3.63) is 62.7 Å². The zero-order valence-corrected chi connectivity index (χ0v) is 14.0. The van der Waals surface area contributed by atoms with E-state index in [2.05, 4.69) is 0 Å². The van der Waals surface area contributed by atoms with Crippen LogP contribution in [0.1, 0.15) is 21.5 Å². The Morgan fingerprint density at radius 1 is 1.22 bits per heavy atom. The minimum Gasteiger partial charge on any atom is -0.772 e. The molecule has 0 aliphatic carbocycles. The van der Waals surface area contributed by atoms with E-state index in [1.165, 1.54) is 16.8 Å². The quantitative estimate of drug-likeness (QED) is 0.780. The van der Waals surface area contributed by atoms with Gasteiger partial charge in [0.25, 0.3) is 5.91 Å². The van der Waals surface area contributed by atoms with Gasteiger partial charge in [-0.1, -0.05) is 40.3 Å². The number of pyridine rings is 1. The second-order valence-corrected chi connectivity index (χ2v) is 6.60. The van der Waals surface area contributed by atoms with E-state index in [0.29, 0.717) is 16.1 Å². The largest absolute Gasteiger partial charge is 0.772 e. The third-order valence-corrected chi connectivity index (χ3v) is 4.02. The number of benzene rings is 1. The predicted molar refractivity (Wildman–Crippen MR) is 87.0 cm³/mol. The van der Waals surface area contributed by atoms with Crippen molar-refractivity contribution in [2.75, 3.05) is 0 Å². The topological polar surface area (TPSA) is 112 Å². The number of carbonyl (C=O) groups excluding carboxylic acids is 1. The van der Waals surface area contributed by atoms with Gasteiger partial charge < -0.3 is 14.9 Å². The normalized spacial score (nSPS) is 12.1. The second kappa shape index (κ2) is 7.27. The van der Waals surface area contributed by atoms with Crippen molar-refractivity contribution >= 4 is 40.2 Å². The number of nitrogens with one attached hydrogen (secondary N) is 1. The molecule has 1 heterocycles. The van der Waals surface area contributed by atoms with Gasteiger partial charge in [0.1, 0.15) is 5.49 Å². The Morgan fingerprint density at radius 2 is 1.87 bits per heavy atom. The van der Waals surface area contributed by atoms with Gasteiger partial charge in [-0.15, -0.1) is 0 Å². The van der Waals surface area contributed by atoms with Gasteiger partial charge in [-0.2, -0.15) is 0 Å². The molecular weight excluding hydrogens is 361 g/mol. The number of carbonyl (C=O) groups is 1. The summed E-state index contributed by atoms with van der Waals surface area (Å²) < 4.78 is 23.1. The van der Waals surface area contributed by atoms with Crippen molar-refractivity contribution in [2.24, 2.45) is 5.73 Å². The molecule has 6 nitrogen and oxygen atoms in total. The Bertz CT molecular complexity index is 852. The smallest absolute Gasteiger partial charge is 0.252 e. The van der Waals surface area contributed by atoms with Crippen molar-refractivity contribution < 1.29 is 13.6 Å². The Balaban J connectivity index is 2.43. The lowest BCUT2D eigenvalue weighted by Gasteiger charge is -2.12. The molecule has 122 valence electrons. The van der Waals surface area contributed by atoms with E-state index in [1.807, 2.05) is 0 Å². The van der Waals surface area contributed by atoms with Crippen LogP contribution in [0.2, 0.25) is 10.0 Å². The van der Waals surface area contributed by atoms with Gasteiger partial charge in [-0.25, -0.2) is 0 Å². The molecule has 2 aromatic rings. The van der Waals surface area contributed by atoms with Crippen molar-refractivity contribution in [3.8, 4) is 0 Å². The standard InChI is InChI=1S/C14H13Cl2N3O3S/c15-10-2-8(1-9(3-10)7-23(21)22)5-19-6-11(16)4-12(13(19)17)14(18)20/h1-4,6,17H,5,7H2,(H2,18,20)(H,21,22)/p-1. The lowest BCUT2D eigenvalue weighted by Crippen LogP contribution is -2.29. The number of primary amides is 1. The maximum Gasteiger partial charge on any atom is 0.252 e. The van der Waals surface area contributed by atoms with Gasteiger partial charge >= 0.3 is 0 Å². The fraction of sp³-hybridized carbons (Fsp3) is 0.143. The van der Waals surface area contributed by atoms with E-state index in [1.54, 1.807) is 18.2 Å². The number of halogens is 2. The van der Waals surface area contributed by atoms with Crippen LogP contribution in [-0.4, -0.2) is 19.2 Å². The van der Waals surface area contributed by atoms with Crippen molar-refractivity contribution in [1.29, 1.82) is 5.41 Å². The molecule has 23 heavy (non-hydrogen) atoms. The lowest BCUT2D eigenvalue weighted by molar-refractivity contribution is 0.0997. The maximum absolute atomic E-state index is 11.3. The van der Waals surface area contributed by atoms with Gasteiger partial charge in [-0.05, 0) is 29.3 Å². The number of hydrogen-bond acceptors (Lipinski definition) is 4. The van der Waals surface area contributed by atoms with Gasteiger partial charge in [0.2, 0.25) is 0 Å².